The van der Waals surface area contributed by atoms with E-state index < -0.39 is 5.60 Å². The van der Waals surface area contributed by atoms with Crippen LogP contribution in [0.2, 0.25) is 0 Å². The zero-order chi connectivity index (χ0) is 18.4. The van der Waals surface area contributed by atoms with E-state index in [2.05, 4.69) is 10.2 Å². The van der Waals surface area contributed by atoms with Gasteiger partial charge in [0.1, 0.15) is 0 Å². The molecule has 0 saturated carbocycles. The highest BCUT2D eigenvalue weighted by atomic mass is 16.4. The Kier molecular flexibility index (Phi) is 6.09. The van der Waals surface area contributed by atoms with Gasteiger partial charge in [0.25, 0.3) is 0 Å². The fourth-order valence-corrected chi connectivity index (χ4v) is 2.28. The van der Waals surface area contributed by atoms with Crippen molar-refractivity contribution in [3.05, 3.63) is 53.8 Å². The number of nitrogens with zero attached hydrogens (tertiary/aromatic N) is 3. The number of hydrogen-bond acceptors (Lipinski definition) is 5. The van der Waals surface area contributed by atoms with Crippen molar-refractivity contribution in [3.63, 3.8) is 0 Å². The standard InChI is InChI=1S/C19H25N3O3/c1-14(2)18-21-20-16(25-18)10-11-17(23)22(13-19(3,4)24)12-15-8-6-5-7-9-15/h5-11,14,24H,12-13H2,1-4H3/b11-10+. The topological polar surface area (TPSA) is 79.5 Å². The van der Waals surface area contributed by atoms with Gasteiger partial charge in [0.05, 0.1) is 5.60 Å². The second kappa shape index (κ2) is 8.07. The molecule has 0 aliphatic rings. The summed E-state index contributed by atoms with van der Waals surface area (Å²) in [6.45, 7) is 7.89. The summed E-state index contributed by atoms with van der Waals surface area (Å²) in [5.41, 5.74) is 0.00139. The number of carbonyl (C=O) groups is 1. The first-order chi connectivity index (χ1) is 11.7. The van der Waals surface area contributed by atoms with Gasteiger partial charge in [0.2, 0.25) is 17.7 Å². The maximum atomic E-state index is 12.6. The summed E-state index contributed by atoms with van der Waals surface area (Å²) in [6, 6.07) is 9.66. The average Bonchev–Trinajstić information content (AvgIpc) is 3.01. The molecule has 0 atom stereocenters. The first-order valence-electron chi connectivity index (χ1n) is 8.31. The molecule has 0 unspecified atom stereocenters. The molecule has 1 N–H and O–H groups in total. The molecule has 1 amide bonds. The molecule has 134 valence electrons. The van der Waals surface area contributed by atoms with Gasteiger partial charge in [0.15, 0.2) is 0 Å². The van der Waals surface area contributed by atoms with Crippen LogP contribution in [-0.4, -0.2) is 38.3 Å². The summed E-state index contributed by atoms with van der Waals surface area (Å²) >= 11 is 0. The Morgan fingerprint density at radius 1 is 1.28 bits per heavy atom. The number of benzene rings is 1. The fourth-order valence-electron chi connectivity index (χ4n) is 2.28. The Balaban J connectivity index is 2.11. The van der Waals surface area contributed by atoms with Crippen LogP contribution in [0.15, 0.2) is 40.8 Å². The van der Waals surface area contributed by atoms with Crippen LogP contribution in [0.3, 0.4) is 0 Å². The second-order valence-electron chi connectivity index (χ2n) is 6.96. The van der Waals surface area contributed by atoms with E-state index >= 15 is 0 Å². The number of aromatic nitrogens is 2. The first-order valence-corrected chi connectivity index (χ1v) is 8.31. The van der Waals surface area contributed by atoms with Crippen molar-refractivity contribution in [1.82, 2.24) is 15.1 Å². The van der Waals surface area contributed by atoms with Gasteiger partial charge in [-0.15, -0.1) is 10.2 Å². The molecule has 0 aliphatic carbocycles. The smallest absolute Gasteiger partial charge is 0.247 e. The molecule has 6 nitrogen and oxygen atoms in total. The van der Waals surface area contributed by atoms with Crippen molar-refractivity contribution in [2.24, 2.45) is 0 Å². The molecule has 0 spiro atoms. The number of rotatable bonds is 7. The van der Waals surface area contributed by atoms with Gasteiger partial charge in [-0.1, -0.05) is 44.2 Å². The highest BCUT2D eigenvalue weighted by molar-refractivity contribution is 5.91. The number of amides is 1. The number of carbonyl (C=O) groups excluding carboxylic acids is 1. The molecular weight excluding hydrogens is 318 g/mol. The molecule has 6 heteroatoms. The summed E-state index contributed by atoms with van der Waals surface area (Å²) < 4.78 is 5.47. The highest BCUT2D eigenvalue weighted by Crippen LogP contribution is 2.14. The zero-order valence-corrected chi connectivity index (χ0v) is 15.1. The lowest BCUT2D eigenvalue weighted by molar-refractivity contribution is -0.129. The quantitative estimate of drug-likeness (QED) is 0.782. The SMILES string of the molecule is CC(C)c1nnc(/C=C/C(=O)N(Cc2ccccc2)CC(C)(C)O)o1. The van der Waals surface area contributed by atoms with Gasteiger partial charge >= 0.3 is 0 Å². The third-order valence-electron chi connectivity index (χ3n) is 3.42. The molecule has 0 bridgehead atoms. The number of aliphatic hydroxyl groups is 1. The van der Waals surface area contributed by atoms with Crippen LogP contribution in [0.1, 0.15) is 51.0 Å². The minimum atomic E-state index is -0.992. The van der Waals surface area contributed by atoms with Gasteiger partial charge in [-0.05, 0) is 19.4 Å². The normalized spacial score (nSPS) is 12.1. The van der Waals surface area contributed by atoms with E-state index in [9.17, 15) is 9.90 Å². The zero-order valence-electron chi connectivity index (χ0n) is 15.1. The summed E-state index contributed by atoms with van der Waals surface area (Å²) in [4.78, 5) is 14.2. The molecule has 0 radical (unpaired) electrons. The van der Waals surface area contributed by atoms with E-state index in [-0.39, 0.29) is 18.4 Å². The summed E-state index contributed by atoms with van der Waals surface area (Å²) in [6.07, 6.45) is 2.90. The van der Waals surface area contributed by atoms with E-state index in [1.807, 2.05) is 44.2 Å². The molecule has 1 aromatic carbocycles. The van der Waals surface area contributed by atoms with Crippen molar-refractivity contribution >= 4 is 12.0 Å². The summed E-state index contributed by atoms with van der Waals surface area (Å²) in [5.74, 6) is 0.732. The van der Waals surface area contributed by atoms with E-state index in [0.717, 1.165) is 5.56 Å². The highest BCUT2D eigenvalue weighted by Gasteiger charge is 2.21. The van der Waals surface area contributed by atoms with Gasteiger partial charge < -0.3 is 14.4 Å². The van der Waals surface area contributed by atoms with Crippen LogP contribution in [0.4, 0.5) is 0 Å². The molecule has 1 aromatic heterocycles. The monoisotopic (exact) mass is 343 g/mol. The van der Waals surface area contributed by atoms with Gasteiger partial charge in [-0.3, -0.25) is 4.79 Å². The Hall–Kier alpha value is -2.47. The minimum Gasteiger partial charge on any atom is -0.421 e. The summed E-state index contributed by atoms with van der Waals surface area (Å²) in [5, 5.41) is 17.9. The summed E-state index contributed by atoms with van der Waals surface area (Å²) in [7, 11) is 0. The van der Waals surface area contributed by atoms with Crippen LogP contribution in [0.25, 0.3) is 6.08 Å². The second-order valence-corrected chi connectivity index (χ2v) is 6.96. The first kappa shape index (κ1) is 18.9. The van der Waals surface area contributed by atoms with Crippen molar-refractivity contribution < 1.29 is 14.3 Å². The largest absolute Gasteiger partial charge is 0.421 e. The van der Waals surface area contributed by atoms with Crippen LogP contribution in [-0.2, 0) is 11.3 Å². The van der Waals surface area contributed by atoms with E-state index in [1.54, 1.807) is 18.7 Å². The predicted octanol–water partition coefficient (Wildman–Crippen LogP) is 3.01. The van der Waals surface area contributed by atoms with Crippen molar-refractivity contribution in [1.29, 1.82) is 0 Å². The van der Waals surface area contributed by atoms with Gasteiger partial charge in [0, 0.05) is 31.2 Å². The molecule has 2 rings (SSSR count). The maximum absolute atomic E-state index is 12.6. The lowest BCUT2D eigenvalue weighted by Gasteiger charge is -2.28. The van der Waals surface area contributed by atoms with E-state index in [0.29, 0.717) is 18.3 Å². The Labute approximate surface area is 148 Å². The third kappa shape index (κ3) is 6.15. The minimum absolute atomic E-state index is 0.134. The molecule has 0 saturated heterocycles. The molecular formula is C19H25N3O3. The van der Waals surface area contributed by atoms with Crippen LogP contribution in [0, 0.1) is 0 Å². The average molecular weight is 343 g/mol. The Bertz CT molecular complexity index is 715. The molecule has 25 heavy (non-hydrogen) atoms. The fraction of sp³-hybridized carbons (Fsp3) is 0.421. The van der Waals surface area contributed by atoms with Crippen molar-refractivity contribution in [3.8, 4) is 0 Å². The van der Waals surface area contributed by atoms with Crippen LogP contribution < -0.4 is 0 Å². The van der Waals surface area contributed by atoms with Crippen molar-refractivity contribution in [2.75, 3.05) is 6.54 Å². The molecule has 1 heterocycles. The maximum Gasteiger partial charge on any atom is 0.247 e. The Morgan fingerprint density at radius 2 is 1.96 bits per heavy atom. The van der Waals surface area contributed by atoms with E-state index in [4.69, 9.17) is 4.42 Å². The number of hydrogen-bond donors (Lipinski definition) is 1. The molecule has 0 fully saturated rings. The van der Waals surface area contributed by atoms with Gasteiger partial charge in [-0.25, -0.2) is 0 Å². The lowest BCUT2D eigenvalue weighted by atomic mass is 10.1. The van der Waals surface area contributed by atoms with E-state index in [1.165, 1.54) is 12.2 Å². The molecule has 0 aliphatic heterocycles. The lowest BCUT2D eigenvalue weighted by Crippen LogP contribution is -2.41. The van der Waals surface area contributed by atoms with Crippen LogP contribution in [0.5, 0.6) is 0 Å². The van der Waals surface area contributed by atoms with Crippen LogP contribution >= 0.6 is 0 Å². The predicted molar refractivity (Wildman–Crippen MR) is 95.6 cm³/mol. The molecule has 2 aromatic rings. The van der Waals surface area contributed by atoms with Crippen molar-refractivity contribution in [2.45, 2.75) is 45.8 Å². The van der Waals surface area contributed by atoms with Gasteiger partial charge in [-0.2, -0.15) is 0 Å². The Morgan fingerprint density at radius 3 is 2.52 bits per heavy atom. The third-order valence-corrected chi connectivity index (χ3v) is 3.42.